The van der Waals surface area contributed by atoms with E-state index in [0.717, 1.165) is 29.8 Å². The summed E-state index contributed by atoms with van der Waals surface area (Å²) in [5, 5.41) is 20.9. The number of pyridine rings is 1. The van der Waals surface area contributed by atoms with E-state index in [0.29, 0.717) is 35.9 Å². The van der Waals surface area contributed by atoms with E-state index in [1.165, 1.54) is 0 Å². The smallest absolute Gasteiger partial charge is 0.257 e. The zero-order valence-corrected chi connectivity index (χ0v) is 19.5. The first-order valence-electron chi connectivity index (χ1n) is 11.7. The highest BCUT2D eigenvalue weighted by Crippen LogP contribution is 2.36. The molecule has 182 valence electrons. The van der Waals surface area contributed by atoms with Crippen molar-refractivity contribution in [2.75, 3.05) is 32.7 Å². The Morgan fingerprint density at radius 2 is 2.14 bits per heavy atom. The maximum Gasteiger partial charge on any atom is 0.257 e. The van der Waals surface area contributed by atoms with Gasteiger partial charge in [-0.25, -0.2) is 9.97 Å². The summed E-state index contributed by atoms with van der Waals surface area (Å²) in [5.74, 6) is 1.21. The first-order valence-corrected chi connectivity index (χ1v) is 11.7. The summed E-state index contributed by atoms with van der Waals surface area (Å²) < 4.78 is 14.4. The third-order valence-corrected chi connectivity index (χ3v) is 7.06. The summed E-state index contributed by atoms with van der Waals surface area (Å²) in [6, 6.07) is 5.58. The molecule has 35 heavy (non-hydrogen) atoms. The Labute approximate surface area is 201 Å². The molecule has 1 amide bonds. The van der Waals surface area contributed by atoms with Gasteiger partial charge >= 0.3 is 0 Å². The van der Waals surface area contributed by atoms with Crippen molar-refractivity contribution in [1.82, 2.24) is 29.5 Å². The van der Waals surface area contributed by atoms with Gasteiger partial charge in [0.05, 0.1) is 43.3 Å². The number of hydrogen-bond acceptors (Lipinski definition) is 8. The molecular formula is C24H27N7O4. The molecule has 5 heterocycles. The molecule has 2 aromatic heterocycles. The second-order valence-corrected chi connectivity index (χ2v) is 9.00. The minimum absolute atomic E-state index is 0.0111. The average Bonchev–Trinajstić information content (AvgIpc) is 3.59. The number of methoxy groups -OCH3 is 1. The van der Waals surface area contributed by atoms with Crippen molar-refractivity contribution in [3.8, 4) is 22.6 Å². The van der Waals surface area contributed by atoms with E-state index in [-0.39, 0.29) is 24.1 Å². The molecule has 4 atom stereocenters. The molecule has 2 fully saturated rings. The Bertz CT molecular complexity index is 1360. The Morgan fingerprint density at radius 3 is 2.86 bits per heavy atom. The number of aromatic nitrogens is 5. The number of rotatable bonds is 6. The summed E-state index contributed by atoms with van der Waals surface area (Å²) in [6.07, 6.45) is 6.49. The van der Waals surface area contributed by atoms with Crippen LogP contribution in [-0.2, 0) is 9.47 Å². The summed E-state index contributed by atoms with van der Waals surface area (Å²) in [4.78, 5) is 22.6. The number of ether oxygens (including phenoxy) is 2. The van der Waals surface area contributed by atoms with Crippen LogP contribution in [0.25, 0.3) is 28.3 Å². The number of nitrogens with one attached hydrogen (secondary N) is 2. The third kappa shape index (κ3) is 3.54. The van der Waals surface area contributed by atoms with Crippen LogP contribution in [0, 0.1) is 0 Å². The van der Waals surface area contributed by atoms with E-state index in [1.54, 1.807) is 31.1 Å². The van der Waals surface area contributed by atoms with Crippen LogP contribution < -0.4 is 10.6 Å². The first-order chi connectivity index (χ1) is 17.1. The molecule has 1 saturated heterocycles. The molecule has 0 bridgehead atoms. The normalized spacial score (nSPS) is 24.1. The van der Waals surface area contributed by atoms with Crippen LogP contribution in [0.1, 0.15) is 29.2 Å². The zero-order chi connectivity index (χ0) is 24.1. The molecule has 6 rings (SSSR count). The molecule has 3 aliphatic heterocycles. The number of carbonyl (C=O) groups excluding carboxylic acids is 1. The van der Waals surface area contributed by atoms with Gasteiger partial charge < -0.3 is 29.8 Å². The first kappa shape index (κ1) is 22.0. The van der Waals surface area contributed by atoms with Gasteiger partial charge in [-0.05, 0) is 25.0 Å². The highest BCUT2D eigenvalue weighted by Gasteiger charge is 2.33. The second kappa shape index (κ2) is 8.59. The van der Waals surface area contributed by atoms with Gasteiger partial charge in [0.2, 0.25) is 0 Å². The lowest BCUT2D eigenvalue weighted by Gasteiger charge is -2.35. The van der Waals surface area contributed by atoms with Crippen LogP contribution in [0.4, 0.5) is 5.82 Å². The fourth-order valence-corrected chi connectivity index (χ4v) is 4.93. The van der Waals surface area contributed by atoms with Gasteiger partial charge in [-0.3, -0.25) is 4.79 Å². The van der Waals surface area contributed by atoms with Crippen LogP contribution >= 0.6 is 0 Å². The quantitative estimate of drug-likeness (QED) is 0.382. The van der Waals surface area contributed by atoms with E-state index < -0.39 is 6.10 Å². The van der Waals surface area contributed by atoms with Crippen LogP contribution in [0.2, 0.25) is 0 Å². The third-order valence-electron chi connectivity index (χ3n) is 7.06. The molecular weight excluding hydrogens is 450 g/mol. The van der Waals surface area contributed by atoms with Gasteiger partial charge in [0, 0.05) is 43.7 Å². The second-order valence-electron chi connectivity index (χ2n) is 9.00. The monoisotopic (exact) mass is 477 g/mol. The van der Waals surface area contributed by atoms with Gasteiger partial charge in [-0.2, -0.15) is 9.61 Å². The molecule has 2 aromatic rings. The van der Waals surface area contributed by atoms with Crippen LogP contribution in [0.5, 0.6) is 0 Å². The molecule has 0 aromatic carbocycles. The lowest BCUT2D eigenvalue weighted by Crippen LogP contribution is -2.51. The number of anilines is 1. The number of hydrogen-bond donors (Lipinski definition) is 3. The summed E-state index contributed by atoms with van der Waals surface area (Å²) in [7, 11) is 3.46. The van der Waals surface area contributed by atoms with Crippen LogP contribution in [0.3, 0.4) is 0 Å². The molecule has 0 spiro atoms. The number of aliphatic hydroxyl groups is 1. The number of amides is 1. The molecule has 1 saturated carbocycles. The molecule has 0 radical (unpaired) electrons. The number of fused-ring (bicyclic) bond motifs is 2. The van der Waals surface area contributed by atoms with Gasteiger partial charge in [0.1, 0.15) is 23.3 Å². The number of nitrogens with zero attached hydrogens (tertiary/aromatic N) is 5. The standard InChI is InChI=1S/C24H27N7O4/c1-25-21-8-17(14-9-26-22-13(14)4-3-7-30(22)18-11-35-12-19(18)32)28-23-15(10-27-31(21)23)24(33)29-16-5-6-20(16)34-2/h3-4,7-10,16,18-20,25,32H,5-6,11-12H2,1-2H3,(H,29,33)/t16-,18+,19+,20-/m1/s1. The molecule has 3 N–H and O–H groups in total. The van der Waals surface area contributed by atoms with Crippen molar-refractivity contribution in [3.63, 3.8) is 0 Å². The predicted octanol–water partition coefficient (Wildman–Crippen LogP) is 1.58. The Morgan fingerprint density at radius 1 is 1.26 bits per heavy atom. The van der Waals surface area contributed by atoms with Crippen molar-refractivity contribution >= 4 is 17.4 Å². The number of carbonyl (C=O) groups is 1. The van der Waals surface area contributed by atoms with Gasteiger partial charge in [0.25, 0.3) is 5.91 Å². The van der Waals surface area contributed by atoms with E-state index in [2.05, 4.69) is 20.7 Å². The fraction of sp³-hybridized carbons (Fsp3) is 0.417. The maximum absolute atomic E-state index is 13.1. The lowest BCUT2D eigenvalue weighted by molar-refractivity contribution is 0.00732. The topological polar surface area (TPSA) is 128 Å². The lowest BCUT2D eigenvalue weighted by atomic mass is 9.89. The SMILES string of the molecule is CNc1cc(-c2cnc3n([C@H]4COC[C@@H]4O)cccc2-3)nc2c(C(=O)N[C@@H]3CC[C@H]3OC)cnn12. The molecule has 11 heteroatoms. The number of aliphatic hydroxyl groups excluding tert-OH is 1. The van der Waals surface area contributed by atoms with Gasteiger partial charge in [0.15, 0.2) is 5.65 Å². The summed E-state index contributed by atoms with van der Waals surface area (Å²) in [6.45, 7) is 0.740. The van der Waals surface area contributed by atoms with Gasteiger partial charge in [-0.15, -0.1) is 0 Å². The van der Waals surface area contributed by atoms with Crippen molar-refractivity contribution in [1.29, 1.82) is 0 Å². The van der Waals surface area contributed by atoms with Crippen molar-refractivity contribution in [2.24, 2.45) is 0 Å². The van der Waals surface area contributed by atoms with Crippen molar-refractivity contribution < 1.29 is 19.4 Å². The summed E-state index contributed by atoms with van der Waals surface area (Å²) >= 11 is 0. The average molecular weight is 478 g/mol. The minimum Gasteiger partial charge on any atom is -0.388 e. The van der Waals surface area contributed by atoms with E-state index in [9.17, 15) is 9.90 Å². The maximum atomic E-state index is 13.1. The van der Waals surface area contributed by atoms with E-state index in [1.807, 2.05) is 29.0 Å². The Balaban J connectivity index is 1.39. The zero-order valence-electron chi connectivity index (χ0n) is 19.5. The highest BCUT2D eigenvalue weighted by molar-refractivity contribution is 6.00. The molecule has 4 aliphatic rings. The van der Waals surface area contributed by atoms with E-state index in [4.69, 9.17) is 14.5 Å². The predicted molar refractivity (Wildman–Crippen MR) is 128 cm³/mol. The van der Waals surface area contributed by atoms with Crippen molar-refractivity contribution in [2.45, 2.75) is 37.1 Å². The Kier molecular flexibility index (Phi) is 5.39. The van der Waals surface area contributed by atoms with Crippen molar-refractivity contribution in [3.05, 3.63) is 42.4 Å². The van der Waals surface area contributed by atoms with E-state index >= 15 is 0 Å². The largest absolute Gasteiger partial charge is 0.388 e. The highest BCUT2D eigenvalue weighted by atomic mass is 16.5. The van der Waals surface area contributed by atoms with Gasteiger partial charge in [-0.1, -0.05) is 0 Å². The minimum atomic E-state index is -0.586. The van der Waals surface area contributed by atoms with Crippen LogP contribution in [-0.4, -0.2) is 80.8 Å². The Hall–Kier alpha value is -3.54. The molecule has 1 aliphatic carbocycles. The fourth-order valence-electron chi connectivity index (χ4n) is 4.93. The van der Waals surface area contributed by atoms with Crippen LogP contribution in [0.15, 0.2) is 36.8 Å². The molecule has 0 unspecified atom stereocenters. The summed E-state index contributed by atoms with van der Waals surface area (Å²) in [5.41, 5.74) is 3.24. The molecule has 11 nitrogen and oxygen atoms in total.